The van der Waals surface area contributed by atoms with Gasteiger partial charge in [-0.3, -0.25) is 10.1 Å². The van der Waals surface area contributed by atoms with Crippen molar-refractivity contribution in [3.05, 3.63) is 32.3 Å². The third-order valence-electron chi connectivity index (χ3n) is 3.54. The fourth-order valence-electron chi connectivity index (χ4n) is 2.38. The summed E-state index contributed by atoms with van der Waals surface area (Å²) in [6.45, 7) is 5.09. The molecule has 6 nitrogen and oxygen atoms in total. The van der Waals surface area contributed by atoms with Crippen molar-refractivity contribution in [1.82, 2.24) is 5.32 Å². The molecular formula is C14H20BrN3O3. The van der Waals surface area contributed by atoms with Crippen molar-refractivity contribution in [2.75, 3.05) is 31.6 Å². The first kappa shape index (κ1) is 16.2. The fraction of sp³-hybridized carbons (Fsp3) is 0.571. The normalized spacial score (nSPS) is 15.9. The van der Waals surface area contributed by atoms with Crippen molar-refractivity contribution < 1.29 is 9.66 Å². The lowest BCUT2D eigenvalue weighted by atomic mass is 10.1. The Morgan fingerprint density at radius 1 is 1.48 bits per heavy atom. The number of piperidine rings is 1. The van der Waals surface area contributed by atoms with Crippen molar-refractivity contribution >= 4 is 27.3 Å². The molecule has 1 fully saturated rings. The van der Waals surface area contributed by atoms with Gasteiger partial charge < -0.3 is 15.4 Å². The number of rotatable bonds is 6. The van der Waals surface area contributed by atoms with E-state index in [4.69, 9.17) is 4.74 Å². The number of nitrogens with zero attached hydrogens (tertiary/aromatic N) is 1. The van der Waals surface area contributed by atoms with Gasteiger partial charge in [-0.2, -0.15) is 0 Å². The predicted octanol–water partition coefficient (Wildman–Crippen LogP) is 2.85. The monoisotopic (exact) mass is 357 g/mol. The van der Waals surface area contributed by atoms with Crippen LogP contribution in [0.4, 0.5) is 11.4 Å². The van der Waals surface area contributed by atoms with E-state index >= 15 is 0 Å². The smallest absolute Gasteiger partial charge is 0.273 e. The van der Waals surface area contributed by atoms with E-state index in [0.717, 1.165) is 31.6 Å². The van der Waals surface area contributed by atoms with Gasteiger partial charge in [0.05, 0.1) is 17.6 Å². The first-order valence-corrected chi connectivity index (χ1v) is 7.88. The Kier molecular flexibility index (Phi) is 5.96. The lowest BCUT2D eigenvalue weighted by Crippen LogP contribution is -2.33. The molecule has 2 N–H and O–H groups in total. The van der Waals surface area contributed by atoms with Crippen LogP contribution in [0.2, 0.25) is 0 Å². The molecule has 1 aliphatic rings. The van der Waals surface area contributed by atoms with E-state index in [9.17, 15) is 10.1 Å². The van der Waals surface area contributed by atoms with Crippen LogP contribution in [-0.2, 0) is 4.74 Å². The minimum atomic E-state index is -0.371. The van der Waals surface area contributed by atoms with E-state index in [1.54, 1.807) is 13.0 Å². The Hall–Kier alpha value is -1.18. The van der Waals surface area contributed by atoms with Crippen LogP contribution in [0, 0.1) is 17.0 Å². The summed E-state index contributed by atoms with van der Waals surface area (Å²) in [5.41, 5.74) is 1.62. The van der Waals surface area contributed by atoms with Gasteiger partial charge >= 0.3 is 0 Å². The second-order valence-corrected chi connectivity index (χ2v) is 5.98. The number of ether oxygens (including phenoxy) is 1. The molecule has 0 atom stereocenters. The molecule has 1 aromatic rings. The van der Waals surface area contributed by atoms with Crippen LogP contribution in [0.5, 0.6) is 0 Å². The average molecular weight is 358 g/mol. The molecule has 0 aliphatic carbocycles. The molecule has 1 aromatic carbocycles. The number of hydrogen-bond donors (Lipinski definition) is 2. The summed E-state index contributed by atoms with van der Waals surface area (Å²) in [5.74, 6) is 0. The topological polar surface area (TPSA) is 76.4 Å². The Morgan fingerprint density at radius 2 is 2.19 bits per heavy atom. The van der Waals surface area contributed by atoms with Crippen LogP contribution in [0.15, 0.2) is 16.6 Å². The molecule has 0 saturated carbocycles. The largest absolute Gasteiger partial charge is 0.382 e. The molecule has 2 rings (SSSR count). The summed E-state index contributed by atoms with van der Waals surface area (Å²) < 4.78 is 6.51. The number of nitro groups is 1. The summed E-state index contributed by atoms with van der Waals surface area (Å²) >= 11 is 3.36. The predicted molar refractivity (Wildman–Crippen MR) is 85.9 cm³/mol. The van der Waals surface area contributed by atoms with E-state index in [0.29, 0.717) is 29.3 Å². The number of nitro benzene ring substituents is 1. The lowest BCUT2D eigenvalue weighted by Gasteiger charge is -2.23. The molecule has 1 heterocycles. The summed E-state index contributed by atoms with van der Waals surface area (Å²) in [5, 5.41) is 17.4. The first-order valence-electron chi connectivity index (χ1n) is 7.08. The van der Waals surface area contributed by atoms with E-state index in [1.807, 2.05) is 0 Å². The zero-order valence-electron chi connectivity index (χ0n) is 12.0. The molecule has 7 heteroatoms. The minimum Gasteiger partial charge on any atom is -0.382 e. The van der Waals surface area contributed by atoms with Gasteiger partial charge in [-0.1, -0.05) is 0 Å². The number of halogens is 1. The number of anilines is 1. The van der Waals surface area contributed by atoms with Crippen molar-refractivity contribution in [2.24, 2.45) is 0 Å². The zero-order chi connectivity index (χ0) is 15.2. The van der Waals surface area contributed by atoms with Crippen molar-refractivity contribution in [3.8, 4) is 0 Å². The Balaban J connectivity index is 1.82. The van der Waals surface area contributed by atoms with Crippen LogP contribution >= 0.6 is 15.9 Å². The first-order chi connectivity index (χ1) is 10.1. The van der Waals surface area contributed by atoms with Crippen molar-refractivity contribution in [1.29, 1.82) is 0 Å². The zero-order valence-corrected chi connectivity index (χ0v) is 13.6. The molecule has 0 spiro atoms. The molecule has 0 aromatic heterocycles. The molecule has 1 aliphatic heterocycles. The van der Waals surface area contributed by atoms with Gasteiger partial charge in [-0.15, -0.1) is 0 Å². The molecular weight excluding hydrogens is 338 g/mol. The summed E-state index contributed by atoms with van der Waals surface area (Å²) in [6.07, 6.45) is 2.45. The lowest BCUT2D eigenvalue weighted by molar-refractivity contribution is -0.385. The minimum absolute atomic E-state index is 0.124. The summed E-state index contributed by atoms with van der Waals surface area (Å²) in [7, 11) is 0. The maximum absolute atomic E-state index is 10.9. The van der Waals surface area contributed by atoms with Crippen LogP contribution in [-0.4, -0.2) is 37.3 Å². The van der Waals surface area contributed by atoms with Crippen LogP contribution in [0.1, 0.15) is 18.4 Å². The SMILES string of the molecule is Cc1cc(NCCOC2CCNCC2)c(Br)cc1[N+](=O)[O-]. The van der Waals surface area contributed by atoms with E-state index in [2.05, 4.69) is 26.6 Å². The fourth-order valence-corrected chi connectivity index (χ4v) is 2.85. The third kappa shape index (κ3) is 4.66. The van der Waals surface area contributed by atoms with Gasteiger partial charge in [0.15, 0.2) is 0 Å². The van der Waals surface area contributed by atoms with Gasteiger partial charge in [0.25, 0.3) is 5.69 Å². The quantitative estimate of drug-likeness (QED) is 0.465. The third-order valence-corrected chi connectivity index (χ3v) is 4.20. The second kappa shape index (κ2) is 7.72. The van der Waals surface area contributed by atoms with Crippen LogP contribution < -0.4 is 10.6 Å². The van der Waals surface area contributed by atoms with E-state index in [1.165, 1.54) is 6.07 Å². The molecule has 116 valence electrons. The standard InChI is InChI=1S/C14H20BrN3O3/c1-10-8-13(12(15)9-14(10)18(19)20)17-6-7-21-11-2-4-16-5-3-11/h8-9,11,16-17H,2-7H2,1H3. The molecule has 0 radical (unpaired) electrons. The average Bonchev–Trinajstić information content (AvgIpc) is 2.47. The molecule has 1 saturated heterocycles. The van der Waals surface area contributed by atoms with Crippen LogP contribution in [0.25, 0.3) is 0 Å². The summed E-state index contributed by atoms with van der Waals surface area (Å²) in [4.78, 5) is 10.5. The molecule has 0 amide bonds. The van der Waals surface area contributed by atoms with Gasteiger partial charge in [-0.25, -0.2) is 0 Å². The number of hydrogen-bond acceptors (Lipinski definition) is 5. The van der Waals surface area contributed by atoms with E-state index < -0.39 is 0 Å². The molecule has 21 heavy (non-hydrogen) atoms. The summed E-state index contributed by atoms with van der Waals surface area (Å²) in [6, 6.07) is 3.32. The Bertz CT molecular complexity index is 504. The van der Waals surface area contributed by atoms with E-state index in [-0.39, 0.29) is 10.6 Å². The Labute approximate surface area is 132 Å². The highest BCUT2D eigenvalue weighted by atomic mass is 79.9. The number of aryl methyl sites for hydroxylation is 1. The van der Waals surface area contributed by atoms with Gasteiger partial charge in [0, 0.05) is 28.3 Å². The van der Waals surface area contributed by atoms with Gasteiger partial charge in [-0.05, 0) is 54.9 Å². The van der Waals surface area contributed by atoms with Gasteiger partial charge in [0.2, 0.25) is 0 Å². The number of nitrogens with one attached hydrogen (secondary N) is 2. The van der Waals surface area contributed by atoms with Crippen LogP contribution in [0.3, 0.4) is 0 Å². The number of benzene rings is 1. The van der Waals surface area contributed by atoms with Crippen molar-refractivity contribution in [2.45, 2.75) is 25.9 Å². The second-order valence-electron chi connectivity index (χ2n) is 5.12. The highest BCUT2D eigenvalue weighted by Crippen LogP contribution is 2.30. The highest BCUT2D eigenvalue weighted by molar-refractivity contribution is 9.10. The maximum atomic E-state index is 10.9. The molecule has 0 unspecified atom stereocenters. The maximum Gasteiger partial charge on any atom is 0.273 e. The highest BCUT2D eigenvalue weighted by Gasteiger charge is 2.15. The Morgan fingerprint density at radius 3 is 2.86 bits per heavy atom. The van der Waals surface area contributed by atoms with Crippen molar-refractivity contribution in [3.63, 3.8) is 0 Å². The van der Waals surface area contributed by atoms with Gasteiger partial charge in [0.1, 0.15) is 0 Å². The molecule has 0 bridgehead atoms.